The van der Waals surface area contributed by atoms with E-state index >= 15 is 0 Å². The Bertz CT molecular complexity index is 865. The minimum Gasteiger partial charge on any atom is -0.378 e. The summed E-state index contributed by atoms with van der Waals surface area (Å²) >= 11 is 4.54. The van der Waals surface area contributed by atoms with E-state index in [9.17, 15) is 13.2 Å². The Kier molecular flexibility index (Phi) is 5.69. The third kappa shape index (κ3) is 4.55. The summed E-state index contributed by atoms with van der Waals surface area (Å²) in [5, 5.41) is 2.30. The van der Waals surface area contributed by atoms with Crippen LogP contribution >= 0.6 is 27.3 Å². The van der Waals surface area contributed by atoms with Gasteiger partial charge in [0, 0.05) is 22.9 Å². The summed E-state index contributed by atoms with van der Waals surface area (Å²) in [5.41, 5.74) is 2.34. The number of carbonyl (C=O) groups is 1. The van der Waals surface area contributed by atoms with Gasteiger partial charge in [-0.15, -0.1) is 16.2 Å². The van der Waals surface area contributed by atoms with E-state index < -0.39 is 15.9 Å². The molecule has 0 bridgehead atoms. The molecule has 11 heteroatoms. The van der Waals surface area contributed by atoms with Gasteiger partial charge in [0.2, 0.25) is 0 Å². The van der Waals surface area contributed by atoms with Crippen molar-refractivity contribution < 1.29 is 17.9 Å². The smallest absolute Gasteiger partial charge is 0.285 e. The zero-order valence-corrected chi connectivity index (χ0v) is 16.2. The fourth-order valence-corrected chi connectivity index (χ4v) is 4.43. The van der Waals surface area contributed by atoms with Gasteiger partial charge in [0.1, 0.15) is 5.69 Å². The third-order valence-electron chi connectivity index (χ3n) is 3.41. The topological polar surface area (TPSA) is 101 Å². The molecule has 1 aliphatic heterocycles. The number of hydrogen-bond acceptors (Lipinski definition) is 7. The average Bonchev–Trinajstić information content (AvgIpc) is 3.11. The molecular formula is C14H15BrN4O4S2. The van der Waals surface area contributed by atoms with E-state index in [-0.39, 0.29) is 10.6 Å². The molecule has 0 unspecified atom stereocenters. The SMILES string of the molecule is O=C(NNS(=O)(=O)c1cccc(Br)c1)c1csc(N2CCOCC2)n1. The summed E-state index contributed by atoms with van der Waals surface area (Å²) in [6.45, 7) is 2.66. The van der Waals surface area contributed by atoms with Crippen molar-refractivity contribution in [2.45, 2.75) is 4.90 Å². The van der Waals surface area contributed by atoms with Gasteiger partial charge >= 0.3 is 0 Å². The van der Waals surface area contributed by atoms with E-state index in [1.54, 1.807) is 17.5 Å². The van der Waals surface area contributed by atoms with Gasteiger partial charge in [-0.1, -0.05) is 22.0 Å². The zero-order chi connectivity index (χ0) is 17.9. The average molecular weight is 447 g/mol. The van der Waals surface area contributed by atoms with Gasteiger partial charge in [-0.2, -0.15) is 0 Å². The molecule has 1 amide bonds. The van der Waals surface area contributed by atoms with Crippen molar-refractivity contribution >= 4 is 48.3 Å². The van der Waals surface area contributed by atoms with Gasteiger partial charge in [0.25, 0.3) is 15.9 Å². The third-order valence-corrected chi connectivity index (χ3v) is 6.05. The summed E-state index contributed by atoms with van der Waals surface area (Å²) < 4.78 is 30.3. The minimum absolute atomic E-state index is 0.0365. The van der Waals surface area contributed by atoms with Crippen LogP contribution in [0, 0.1) is 0 Å². The van der Waals surface area contributed by atoms with Gasteiger partial charge in [-0.05, 0) is 18.2 Å². The van der Waals surface area contributed by atoms with E-state index in [0.29, 0.717) is 35.9 Å². The lowest BCUT2D eigenvalue weighted by Gasteiger charge is -2.25. The van der Waals surface area contributed by atoms with Crippen LogP contribution < -0.4 is 15.2 Å². The van der Waals surface area contributed by atoms with Crippen molar-refractivity contribution in [2.24, 2.45) is 0 Å². The Morgan fingerprint density at radius 2 is 2.08 bits per heavy atom. The molecule has 2 heterocycles. The van der Waals surface area contributed by atoms with E-state index in [1.807, 2.05) is 4.90 Å². The molecule has 134 valence electrons. The highest BCUT2D eigenvalue weighted by Crippen LogP contribution is 2.21. The predicted octanol–water partition coefficient (Wildman–Crippen LogP) is 1.37. The molecule has 0 spiro atoms. The first kappa shape index (κ1) is 18.3. The maximum atomic E-state index is 12.2. The Labute approximate surface area is 157 Å². The lowest BCUT2D eigenvalue weighted by molar-refractivity contribution is 0.0940. The van der Waals surface area contributed by atoms with Crippen LogP contribution in [0.5, 0.6) is 0 Å². The molecule has 0 aliphatic carbocycles. The van der Waals surface area contributed by atoms with Gasteiger partial charge in [-0.3, -0.25) is 10.2 Å². The molecule has 2 N–H and O–H groups in total. The Hall–Kier alpha value is -1.53. The van der Waals surface area contributed by atoms with Crippen LogP contribution in [0.1, 0.15) is 10.5 Å². The van der Waals surface area contributed by atoms with Crippen LogP contribution in [-0.4, -0.2) is 45.6 Å². The monoisotopic (exact) mass is 446 g/mol. The number of morpholine rings is 1. The van der Waals surface area contributed by atoms with Gasteiger partial charge in [0.05, 0.1) is 18.1 Å². The highest BCUT2D eigenvalue weighted by molar-refractivity contribution is 9.10. The molecule has 8 nitrogen and oxygen atoms in total. The van der Waals surface area contributed by atoms with Crippen molar-refractivity contribution in [3.63, 3.8) is 0 Å². The number of rotatable bonds is 5. The highest BCUT2D eigenvalue weighted by atomic mass is 79.9. The fourth-order valence-electron chi connectivity index (χ4n) is 2.14. The fraction of sp³-hybridized carbons (Fsp3) is 0.286. The van der Waals surface area contributed by atoms with Crippen LogP contribution in [0.25, 0.3) is 0 Å². The van der Waals surface area contributed by atoms with Crippen molar-refractivity contribution in [3.05, 3.63) is 39.8 Å². The minimum atomic E-state index is -3.86. The van der Waals surface area contributed by atoms with Crippen LogP contribution in [0.15, 0.2) is 39.0 Å². The van der Waals surface area contributed by atoms with E-state index in [0.717, 1.165) is 0 Å². The number of hydrazine groups is 1. The van der Waals surface area contributed by atoms with Crippen LogP contribution in [0.4, 0.5) is 5.13 Å². The molecule has 0 atom stereocenters. The molecule has 1 aromatic carbocycles. The molecule has 25 heavy (non-hydrogen) atoms. The molecule has 1 aromatic heterocycles. The number of aromatic nitrogens is 1. The lowest BCUT2D eigenvalue weighted by atomic mass is 10.4. The lowest BCUT2D eigenvalue weighted by Crippen LogP contribution is -2.41. The number of anilines is 1. The van der Waals surface area contributed by atoms with Gasteiger partial charge < -0.3 is 9.64 Å². The number of nitrogens with zero attached hydrogens (tertiary/aromatic N) is 2. The van der Waals surface area contributed by atoms with Gasteiger partial charge in [0.15, 0.2) is 5.13 Å². The van der Waals surface area contributed by atoms with E-state index in [4.69, 9.17) is 4.74 Å². The molecule has 0 saturated carbocycles. The van der Waals surface area contributed by atoms with Gasteiger partial charge in [-0.25, -0.2) is 13.4 Å². The van der Waals surface area contributed by atoms with Crippen molar-refractivity contribution in [3.8, 4) is 0 Å². The maximum Gasteiger partial charge on any atom is 0.285 e. The number of hydrogen-bond donors (Lipinski definition) is 2. The second-order valence-electron chi connectivity index (χ2n) is 5.13. The molecule has 3 rings (SSSR count). The highest BCUT2D eigenvalue weighted by Gasteiger charge is 2.19. The number of nitrogens with one attached hydrogen (secondary N) is 2. The number of amides is 1. The normalized spacial score (nSPS) is 15.2. The first-order valence-electron chi connectivity index (χ1n) is 7.32. The largest absolute Gasteiger partial charge is 0.378 e. The van der Waals surface area contributed by atoms with Crippen LogP contribution in [0.3, 0.4) is 0 Å². The Morgan fingerprint density at radius 1 is 1.32 bits per heavy atom. The number of thiazole rings is 1. The first-order chi connectivity index (χ1) is 12.0. The second-order valence-corrected chi connectivity index (χ2v) is 8.57. The van der Waals surface area contributed by atoms with Crippen molar-refractivity contribution in [2.75, 3.05) is 31.2 Å². The van der Waals surface area contributed by atoms with Crippen molar-refractivity contribution in [1.82, 2.24) is 15.2 Å². The number of carbonyl (C=O) groups excluding carboxylic acids is 1. The maximum absolute atomic E-state index is 12.2. The van der Waals surface area contributed by atoms with E-state index in [2.05, 4.69) is 31.2 Å². The Morgan fingerprint density at radius 3 is 2.80 bits per heavy atom. The summed E-state index contributed by atoms with van der Waals surface area (Å²) in [7, 11) is -3.86. The summed E-state index contributed by atoms with van der Waals surface area (Å²) in [6, 6.07) is 6.17. The predicted molar refractivity (Wildman–Crippen MR) is 97.1 cm³/mol. The van der Waals surface area contributed by atoms with E-state index in [1.165, 1.54) is 23.5 Å². The molecule has 0 radical (unpaired) electrons. The molecule has 1 aliphatic rings. The summed E-state index contributed by atoms with van der Waals surface area (Å²) in [6.07, 6.45) is 0. The van der Waals surface area contributed by atoms with Crippen LogP contribution in [0.2, 0.25) is 0 Å². The molecule has 1 saturated heterocycles. The Balaban J connectivity index is 1.63. The number of benzene rings is 1. The zero-order valence-electron chi connectivity index (χ0n) is 12.9. The first-order valence-corrected chi connectivity index (χ1v) is 10.5. The number of halogens is 1. The number of ether oxygens (including phenoxy) is 1. The summed E-state index contributed by atoms with van der Waals surface area (Å²) in [5.74, 6) is -0.616. The van der Waals surface area contributed by atoms with Crippen LogP contribution in [-0.2, 0) is 14.8 Å². The quantitative estimate of drug-likeness (QED) is 0.672. The second kappa shape index (κ2) is 7.79. The molecule has 2 aromatic rings. The number of sulfonamides is 1. The molecule has 1 fully saturated rings. The van der Waals surface area contributed by atoms with Crippen molar-refractivity contribution in [1.29, 1.82) is 0 Å². The standard InChI is InChI=1S/C14H15BrN4O4S2/c15-10-2-1-3-11(8-10)25(21,22)18-17-13(20)12-9-24-14(16-12)19-4-6-23-7-5-19/h1-3,8-9,18H,4-7H2,(H,17,20). The molecular weight excluding hydrogens is 432 g/mol. The summed E-state index contributed by atoms with van der Waals surface area (Å²) in [4.78, 5) is 20.5.